The van der Waals surface area contributed by atoms with Gasteiger partial charge in [-0.2, -0.15) is 0 Å². The monoisotopic (exact) mass is 447 g/mol. The predicted octanol–water partition coefficient (Wildman–Crippen LogP) is 4.20. The van der Waals surface area contributed by atoms with Crippen LogP contribution in [-0.2, 0) is 4.79 Å². The SMILES string of the molecule is C=CC(=O)Nc1cc(NC)c(OC)cc1N1CCC(N(C)C)CC1.CC=C(C)C.CNC. The first kappa shape index (κ1) is 29.5. The molecule has 1 heterocycles. The van der Waals surface area contributed by atoms with Crippen molar-refractivity contribution in [2.45, 2.75) is 39.7 Å². The van der Waals surface area contributed by atoms with Crippen molar-refractivity contribution in [2.24, 2.45) is 0 Å². The smallest absolute Gasteiger partial charge is 0.247 e. The number of hydrogen-bond acceptors (Lipinski definition) is 6. The van der Waals surface area contributed by atoms with E-state index in [1.165, 1.54) is 11.6 Å². The number of anilines is 3. The summed E-state index contributed by atoms with van der Waals surface area (Å²) in [5.41, 5.74) is 3.97. The van der Waals surface area contributed by atoms with Crippen molar-refractivity contribution in [3.8, 4) is 5.75 Å². The highest BCUT2D eigenvalue weighted by Crippen LogP contribution is 2.38. The quantitative estimate of drug-likeness (QED) is 0.449. The Bertz CT molecular complexity index is 719. The van der Waals surface area contributed by atoms with E-state index in [-0.39, 0.29) is 5.91 Å². The van der Waals surface area contributed by atoms with E-state index >= 15 is 0 Å². The summed E-state index contributed by atoms with van der Waals surface area (Å²) in [6.07, 6.45) is 5.56. The Kier molecular flexibility index (Phi) is 14.9. The Balaban J connectivity index is 0.00000104. The van der Waals surface area contributed by atoms with Crippen LogP contribution in [0.2, 0.25) is 0 Å². The van der Waals surface area contributed by atoms with Gasteiger partial charge in [0.25, 0.3) is 0 Å². The first-order valence-corrected chi connectivity index (χ1v) is 11.1. The lowest BCUT2D eigenvalue weighted by Crippen LogP contribution is -2.42. The summed E-state index contributed by atoms with van der Waals surface area (Å²) < 4.78 is 5.48. The Morgan fingerprint density at radius 1 is 1.16 bits per heavy atom. The lowest BCUT2D eigenvalue weighted by atomic mass is 10.0. The third kappa shape index (κ3) is 10.2. The molecule has 0 atom stereocenters. The van der Waals surface area contributed by atoms with Gasteiger partial charge < -0.3 is 30.5 Å². The molecule has 0 aliphatic carbocycles. The highest BCUT2D eigenvalue weighted by atomic mass is 16.5. The van der Waals surface area contributed by atoms with Crippen molar-refractivity contribution >= 4 is 23.0 Å². The van der Waals surface area contributed by atoms with E-state index in [2.05, 4.69) is 66.3 Å². The van der Waals surface area contributed by atoms with Crippen LogP contribution in [-0.4, -0.2) is 72.3 Å². The minimum absolute atomic E-state index is 0.216. The van der Waals surface area contributed by atoms with Crippen LogP contribution in [0.1, 0.15) is 33.6 Å². The third-order valence-corrected chi connectivity index (χ3v) is 5.14. The minimum Gasteiger partial charge on any atom is -0.495 e. The molecule has 7 nitrogen and oxygen atoms in total. The molecule has 0 radical (unpaired) electrons. The van der Waals surface area contributed by atoms with Gasteiger partial charge in [0.2, 0.25) is 5.91 Å². The zero-order valence-corrected chi connectivity index (χ0v) is 21.6. The number of rotatable bonds is 6. The van der Waals surface area contributed by atoms with Crippen LogP contribution in [0.15, 0.2) is 36.4 Å². The number of carbonyl (C=O) groups excluding carboxylic acids is 1. The molecule has 0 bridgehead atoms. The molecule has 1 aromatic carbocycles. The molecule has 3 N–H and O–H groups in total. The van der Waals surface area contributed by atoms with Crippen LogP contribution < -0.4 is 25.6 Å². The van der Waals surface area contributed by atoms with Gasteiger partial charge in [0.15, 0.2) is 0 Å². The highest BCUT2D eigenvalue weighted by Gasteiger charge is 2.24. The van der Waals surface area contributed by atoms with E-state index in [9.17, 15) is 4.79 Å². The van der Waals surface area contributed by atoms with Gasteiger partial charge >= 0.3 is 0 Å². The first-order valence-electron chi connectivity index (χ1n) is 11.1. The molecule has 1 saturated heterocycles. The number of amides is 1. The second kappa shape index (κ2) is 16.2. The number of benzene rings is 1. The number of methoxy groups -OCH3 is 1. The van der Waals surface area contributed by atoms with Gasteiger partial charge in [-0.3, -0.25) is 4.79 Å². The summed E-state index contributed by atoms with van der Waals surface area (Å²) >= 11 is 0. The maximum Gasteiger partial charge on any atom is 0.247 e. The number of piperidine rings is 1. The minimum atomic E-state index is -0.216. The van der Waals surface area contributed by atoms with Crippen LogP contribution in [0.25, 0.3) is 0 Å². The third-order valence-electron chi connectivity index (χ3n) is 5.14. The average Bonchev–Trinajstić information content (AvgIpc) is 2.79. The zero-order chi connectivity index (χ0) is 24.7. The average molecular weight is 448 g/mol. The summed E-state index contributed by atoms with van der Waals surface area (Å²) in [5, 5.41) is 8.77. The standard InChI is InChI=1S/C18H28N4O2.C5H10.C2H7N/c1-6-18(23)20-14-11-15(19-2)17(24-5)12-16(14)22-9-7-13(8-10-22)21(3)4;1-4-5(2)3;1-3-2/h6,11-13,19H,1,7-10H2,2-5H3,(H,20,23);4H,1-3H3;3H,1-2H3. The van der Waals surface area contributed by atoms with E-state index in [1.807, 2.05) is 40.2 Å². The Hall–Kier alpha value is -2.51. The molecule has 0 spiro atoms. The summed E-state index contributed by atoms with van der Waals surface area (Å²) in [6.45, 7) is 11.6. The Morgan fingerprint density at radius 3 is 2.06 bits per heavy atom. The second-order valence-corrected chi connectivity index (χ2v) is 8.06. The fourth-order valence-electron chi connectivity index (χ4n) is 3.10. The molecule has 1 fully saturated rings. The number of nitrogens with zero attached hydrogens (tertiary/aromatic N) is 2. The number of hydrogen-bond donors (Lipinski definition) is 3. The lowest BCUT2D eigenvalue weighted by molar-refractivity contribution is -0.111. The summed E-state index contributed by atoms with van der Waals surface area (Å²) in [5.74, 6) is 0.547. The van der Waals surface area contributed by atoms with E-state index in [0.29, 0.717) is 6.04 Å². The molecule has 0 aromatic heterocycles. The predicted molar refractivity (Wildman–Crippen MR) is 140 cm³/mol. The van der Waals surface area contributed by atoms with Crippen molar-refractivity contribution in [3.63, 3.8) is 0 Å². The number of allylic oxidation sites excluding steroid dienone is 2. The van der Waals surface area contributed by atoms with Gasteiger partial charge in [0.1, 0.15) is 5.75 Å². The molecular weight excluding hydrogens is 402 g/mol. The largest absolute Gasteiger partial charge is 0.495 e. The molecule has 1 aliphatic rings. The molecule has 32 heavy (non-hydrogen) atoms. The van der Waals surface area contributed by atoms with Gasteiger partial charge in [-0.25, -0.2) is 0 Å². The first-order chi connectivity index (χ1) is 15.2. The highest BCUT2D eigenvalue weighted by molar-refractivity contribution is 6.02. The van der Waals surface area contributed by atoms with Crippen molar-refractivity contribution in [2.75, 3.05) is 71.0 Å². The van der Waals surface area contributed by atoms with Crippen LogP contribution in [0.3, 0.4) is 0 Å². The van der Waals surface area contributed by atoms with E-state index in [1.54, 1.807) is 7.11 Å². The maximum atomic E-state index is 11.8. The van der Waals surface area contributed by atoms with E-state index < -0.39 is 0 Å². The summed E-state index contributed by atoms with van der Waals surface area (Å²) in [4.78, 5) is 16.4. The zero-order valence-electron chi connectivity index (χ0n) is 21.6. The van der Waals surface area contributed by atoms with Crippen LogP contribution in [0.4, 0.5) is 17.1 Å². The van der Waals surface area contributed by atoms with Gasteiger partial charge in [0.05, 0.1) is 24.2 Å². The molecule has 0 unspecified atom stereocenters. The molecular formula is C25H45N5O2. The van der Waals surface area contributed by atoms with Crippen molar-refractivity contribution in [1.82, 2.24) is 10.2 Å². The fraction of sp³-hybridized carbons (Fsp3) is 0.560. The maximum absolute atomic E-state index is 11.8. The van der Waals surface area contributed by atoms with Gasteiger partial charge in [-0.1, -0.05) is 18.2 Å². The van der Waals surface area contributed by atoms with E-state index in [0.717, 1.165) is 48.7 Å². The molecule has 1 amide bonds. The second-order valence-electron chi connectivity index (χ2n) is 8.06. The normalized spacial score (nSPS) is 13.1. The molecule has 1 aromatic rings. The van der Waals surface area contributed by atoms with Crippen LogP contribution in [0, 0.1) is 0 Å². The number of ether oxygens (including phenoxy) is 1. The number of nitrogens with one attached hydrogen (secondary N) is 3. The molecule has 2 rings (SSSR count). The lowest BCUT2D eigenvalue weighted by Gasteiger charge is -2.37. The van der Waals surface area contributed by atoms with Crippen molar-refractivity contribution < 1.29 is 9.53 Å². The molecule has 182 valence electrons. The van der Waals surface area contributed by atoms with Gasteiger partial charge in [0, 0.05) is 32.2 Å². The van der Waals surface area contributed by atoms with Crippen LogP contribution in [0.5, 0.6) is 5.75 Å². The van der Waals surface area contributed by atoms with Gasteiger partial charge in [-0.15, -0.1) is 0 Å². The molecule has 0 saturated carbocycles. The molecule has 7 heteroatoms. The topological polar surface area (TPSA) is 68.9 Å². The Morgan fingerprint density at radius 2 is 1.69 bits per heavy atom. The molecule has 1 aliphatic heterocycles. The fourth-order valence-corrected chi connectivity index (χ4v) is 3.10. The summed E-state index contributed by atoms with van der Waals surface area (Å²) in [7, 11) is 11.5. The van der Waals surface area contributed by atoms with E-state index in [4.69, 9.17) is 4.74 Å². The van der Waals surface area contributed by atoms with Crippen LogP contribution >= 0.6 is 0 Å². The van der Waals surface area contributed by atoms with Crippen molar-refractivity contribution in [3.05, 3.63) is 36.4 Å². The van der Waals surface area contributed by atoms with Gasteiger partial charge in [-0.05, 0) is 73.9 Å². The Labute approximate surface area is 195 Å². The summed E-state index contributed by atoms with van der Waals surface area (Å²) in [6, 6.07) is 4.50. The number of carbonyl (C=O) groups is 1. The van der Waals surface area contributed by atoms with Crippen molar-refractivity contribution in [1.29, 1.82) is 0 Å².